The summed E-state index contributed by atoms with van der Waals surface area (Å²) in [5.41, 5.74) is 5.48. The van der Waals surface area contributed by atoms with E-state index >= 15 is 0 Å². The van der Waals surface area contributed by atoms with Crippen LogP contribution in [0.3, 0.4) is 0 Å². The molecule has 0 radical (unpaired) electrons. The molecule has 7 heteroatoms. The Bertz CT molecular complexity index is 307. The molecule has 0 aliphatic rings. The summed E-state index contributed by atoms with van der Waals surface area (Å²) < 4.78 is 0. The summed E-state index contributed by atoms with van der Waals surface area (Å²) in [7, 11) is 0. The Labute approximate surface area is 106 Å². The van der Waals surface area contributed by atoms with Crippen molar-refractivity contribution in [2.24, 2.45) is 5.73 Å². The molecule has 0 rings (SSSR count). The third kappa shape index (κ3) is 6.19. The van der Waals surface area contributed by atoms with Crippen LogP contribution in [0.4, 0.5) is 0 Å². The van der Waals surface area contributed by atoms with Crippen molar-refractivity contribution in [3.8, 4) is 0 Å². The van der Waals surface area contributed by atoms with Crippen molar-refractivity contribution in [3.05, 3.63) is 0 Å². The van der Waals surface area contributed by atoms with Gasteiger partial charge in [-0.05, 0) is 12.8 Å². The topological polar surface area (TPSA) is 122 Å². The van der Waals surface area contributed by atoms with Gasteiger partial charge in [0, 0.05) is 13.0 Å². The summed E-state index contributed by atoms with van der Waals surface area (Å²) >= 11 is 0. The molecule has 0 bridgehead atoms. The standard InChI is InChI=1S/C11H21N3O4/c1-3-5-9(15)14-8(11(17)18)6-13-10(16)7(12)4-2/h7-8H,3-6,12H2,1-2H3,(H,13,16)(H,14,15)(H,17,18). The predicted molar refractivity (Wildman–Crippen MR) is 65.8 cm³/mol. The van der Waals surface area contributed by atoms with Crippen LogP contribution >= 0.6 is 0 Å². The van der Waals surface area contributed by atoms with Gasteiger partial charge >= 0.3 is 5.97 Å². The Morgan fingerprint density at radius 3 is 2.33 bits per heavy atom. The first-order chi connectivity index (χ1) is 8.42. The average Bonchev–Trinajstić information content (AvgIpc) is 2.32. The van der Waals surface area contributed by atoms with E-state index in [1.54, 1.807) is 6.92 Å². The molecule has 2 atom stereocenters. The van der Waals surface area contributed by atoms with Gasteiger partial charge in [0.15, 0.2) is 0 Å². The first kappa shape index (κ1) is 16.4. The number of aliphatic carboxylic acids is 1. The summed E-state index contributed by atoms with van der Waals surface area (Å²) in [6.07, 6.45) is 1.35. The number of carbonyl (C=O) groups is 3. The maximum absolute atomic E-state index is 11.4. The molecule has 7 nitrogen and oxygen atoms in total. The maximum Gasteiger partial charge on any atom is 0.328 e. The van der Waals surface area contributed by atoms with E-state index in [0.717, 1.165) is 0 Å². The lowest BCUT2D eigenvalue weighted by atomic mass is 10.2. The van der Waals surface area contributed by atoms with Crippen LogP contribution in [0.2, 0.25) is 0 Å². The van der Waals surface area contributed by atoms with E-state index in [1.165, 1.54) is 0 Å². The number of amides is 2. The fourth-order valence-electron chi connectivity index (χ4n) is 1.21. The summed E-state index contributed by atoms with van der Waals surface area (Å²) in [5, 5.41) is 13.6. The summed E-state index contributed by atoms with van der Waals surface area (Å²) in [4.78, 5) is 33.5. The number of carbonyl (C=O) groups excluding carboxylic acids is 2. The van der Waals surface area contributed by atoms with Crippen LogP contribution < -0.4 is 16.4 Å². The summed E-state index contributed by atoms with van der Waals surface area (Å²) in [5.74, 6) is -1.96. The first-order valence-electron chi connectivity index (χ1n) is 5.97. The molecule has 2 amide bonds. The smallest absolute Gasteiger partial charge is 0.328 e. The average molecular weight is 259 g/mol. The van der Waals surface area contributed by atoms with Gasteiger partial charge < -0.3 is 21.5 Å². The minimum absolute atomic E-state index is 0.169. The molecule has 18 heavy (non-hydrogen) atoms. The fraction of sp³-hybridized carbons (Fsp3) is 0.727. The Balaban J connectivity index is 4.25. The number of carboxylic acid groups (broad SMARTS) is 1. The summed E-state index contributed by atoms with van der Waals surface area (Å²) in [6, 6.07) is -1.79. The lowest BCUT2D eigenvalue weighted by Gasteiger charge is -2.16. The van der Waals surface area contributed by atoms with E-state index in [-0.39, 0.29) is 18.9 Å². The molecule has 0 saturated heterocycles. The predicted octanol–water partition coefficient (Wildman–Crippen LogP) is -0.791. The molecule has 0 saturated carbocycles. The van der Waals surface area contributed by atoms with Crippen molar-refractivity contribution >= 4 is 17.8 Å². The van der Waals surface area contributed by atoms with E-state index in [0.29, 0.717) is 12.8 Å². The highest BCUT2D eigenvalue weighted by molar-refractivity contribution is 5.85. The fourth-order valence-corrected chi connectivity index (χ4v) is 1.21. The van der Waals surface area contributed by atoms with E-state index in [9.17, 15) is 14.4 Å². The highest BCUT2D eigenvalue weighted by Gasteiger charge is 2.21. The van der Waals surface area contributed by atoms with Crippen LogP contribution in [0.5, 0.6) is 0 Å². The molecular formula is C11H21N3O4. The lowest BCUT2D eigenvalue weighted by molar-refractivity contribution is -0.141. The van der Waals surface area contributed by atoms with Gasteiger partial charge in [-0.15, -0.1) is 0 Å². The molecule has 0 spiro atoms. The van der Waals surface area contributed by atoms with Crippen molar-refractivity contribution in [3.63, 3.8) is 0 Å². The van der Waals surface area contributed by atoms with Crippen molar-refractivity contribution in [1.82, 2.24) is 10.6 Å². The van der Waals surface area contributed by atoms with Crippen LogP contribution in [-0.4, -0.2) is 41.5 Å². The normalized spacial score (nSPS) is 13.5. The largest absolute Gasteiger partial charge is 0.480 e. The second-order valence-electron chi connectivity index (χ2n) is 3.97. The molecule has 0 heterocycles. The van der Waals surface area contributed by atoms with E-state index in [1.807, 2.05) is 6.92 Å². The highest BCUT2D eigenvalue weighted by Crippen LogP contribution is 1.91. The Kier molecular flexibility index (Phi) is 7.69. The van der Waals surface area contributed by atoms with Gasteiger partial charge in [-0.1, -0.05) is 13.8 Å². The second kappa shape index (κ2) is 8.46. The zero-order valence-corrected chi connectivity index (χ0v) is 10.7. The zero-order chi connectivity index (χ0) is 14.1. The van der Waals surface area contributed by atoms with Crippen LogP contribution in [0.15, 0.2) is 0 Å². The van der Waals surface area contributed by atoms with E-state index < -0.39 is 24.0 Å². The monoisotopic (exact) mass is 259 g/mol. The zero-order valence-electron chi connectivity index (χ0n) is 10.7. The van der Waals surface area contributed by atoms with Crippen molar-refractivity contribution in [1.29, 1.82) is 0 Å². The number of rotatable bonds is 8. The molecular weight excluding hydrogens is 238 g/mol. The SMILES string of the molecule is CCCC(=O)NC(CNC(=O)C(N)CC)C(=O)O. The first-order valence-corrected chi connectivity index (χ1v) is 5.97. The molecule has 0 aromatic rings. The summed E-state index contributed by atoms with van der Waals surface area (Å²) in [6.45, 7) is 3.40. The quantitative estimate of drug-likeness (QED) is 0.455. The van der Waals surface area contributed by atoms with Gasteiger partial charge in [-0.2, -0.15) is 0 Å². The van der Waals surface area contributed by atoms with Gasteiger partial charge in [0.25, 0.3) is 0 Å². The number of hydrogen-bond donors (Lipinski definition) is 4. The third-order valence-corrected chi connectivity index (χ3v) is 2.37. The van der Waals surface area contributed by atoms with Crippen molar-refractivity contribution in [2.45, 2.75) is 45.2 Å². The van der Waals surface area contributed by atoms with E-state index in [4.69, 9.17) is 10.8 Å². The van der Waals surface area contributed by atoms with Crippen molar-refractivity contribution < 1.29 is 19.5 Å². The van der Waals surface area contributed by atoms with Crippen LogP contribution in [0.1, 0.15) is 33.1 Å². The minimum atomic E-state index is -1.19. The second-order valence-corrected chi connectivity index (χ2v) is 3.97. The van der Waals surface area contributed by atoms with Gasteiger partial charge in [-0.25, -0.2) is 4.79 Å². The van der Waals surface area contributed by atoms with Gasteiger partial charge in [0.05, 0.1) is 6.04 Å². The molecule has 0 aliphatic carbocycles. The third-order valence-electron chi connectivity index (χ3n) is 2.37. The van der Waals surface area contributed by atoms with Crippen LogP contribution in [-0.2, 0) is 14.4 Å². The van der Waals surface area contributed by atoms with Gasteiger partial charge in [-0.3, -0.25) is 9.59 Å². The van der Waals surface area contributed by atoms with Gasteiger partial charge in [0.2, 0.25) is 11.8 Å². The Morgan fingerprint density at radius 1 is 1.28 bits per heavy atom. The highest BCUT2D eigenvalue weighted by atomic mass is 16.4. The Morgan fingerprint density at radius 2 is 1.89 bits per heavy atom. The lowest BCUT2D eigenvalue weighted by Crippen LogP contribution is -2.51. The minimum Gasteiger partial charge on any atom is -0.480 e. The van der Waals surface area contributed by atoms with Gasteiger partial charge in [0.1, 0.15) is 6.04 Å². The molecule has 0 aliphatic heterocycles. The molecule has 2 unspecified atom stereocenters. The molecule has 0 fully saturated rings. The molecule has 5 N–H and O–H groups in total. The Hall–Kier alpha value is -1.63. The van der Waals surface area contributed by atoms with Crippen LogP contribution in [0.25, 0.3) is 0 Å². The molecule has 0 aromatic carbocycles. The molecule has 104 valence electrons. The number of nitrogens with two attached hydrogens (primary N) is 1. The molecule has 0 aromatic heterocycles. The van der Waals surface area contributed by atoms with Crippen LogP contribution in [0, 0.1) is 0 Å². The maximum atomic E-state index is 11.4. The number of hydrogen-bond acceptors (Lipinski definition) is 4. The number of nitrogens with one attached hydrogen (secondary N) is 2. The van der Waals surface area contributed by atoms with E-state index in [2.05, 4.69) is 10.6 Å². The number of carboxylic acids is 1. The van der Waals surface area contributed by atoms with Crippen molar-refractivity contribution in [2.75, 3.05) is 6.54 Å².